The van der Waals surface area contributed by atoms with E-state index in [1.807, 2.05) is 0 Å². The van der Waals surface area contributed by atoms with Crippen molar-refractivity contribution in [2.75, 3.05) is 13.1 Å². The molecule has 0 radical (unpaired) electrons. The fourth-order valence-electron chi connectivity index (χ4n) is 0.841. The van der Waals surface area contributed by atoms with Crippen LogP contribution in [0.5, 0.6) is 0 Å². The molecule has 48 valence electrons. The second-order valence-electron chi connectivity index (χ2n) is 2.09. The average molecular weight is 243 g/mol. The van der Waals surface area contributed by atoms with Gasteiger partial charge in [0.15, 0.2) is 0 Å². The molecule has 0 aromatic carbocycles. The van der Waals surface area contributed by atoms with Gasteiger partial charge >= 0.3 is 0 Å². The highest BCUT2D eigenvalue weighted by atomic mass is 79.9. The summed E-state index contributed by atoms with van der Waals surface area (Å²) in [5.74, 6) is 0. The molecule has 1 N–H and O–H groups in total. The van der Waals surface area contributed by atoms with Gasteiger partial charge in [0.25, 0.3) is 0 Å². The lowest BCUT2D eigenvalue weighted by Crippen LogP contribution is -2.36. The van der Waals surface area contributed by atoms with Crippen LogP contribution in [0, 0.1) is 0 Å². The van der Waals surface area contributed by atoms with Crippen molar-refractivity contribution < 1.29 is 0 Å². The van der Waals surface area contributed by atoms with Crippen molar-refractivity contribution >= 4 is 31.9 Å². The molecular weight excluding hydrogens is 234 g/mol. The van der Waals surface area contributed by atoms with Crippen molar-refractivity contribution in [3.63, 3.8) is 0 Å². The summed E-state index contributed by atoms with van der Waals surface area (Å²) < 4.78 is 0. The lowest BCUT2D eigenvalue weighted by Gasteiger charge is -2.21. The SMILES string of the molecule is Br[C@@H]1CNC[C@@H](Br)C1. The molecule has 1 saturated heterocycles. The number of alkyl halides is 2. The van der Waals surface area contributed by atoms with Gasteiger partial charge in [-0.25, -0.2) is 0 Å². The third kappa shape index (κ3) is 2.03. The summed E-state index contributed by atoms with van der Waals surface area (Å²) in [5.41, 5.74) is 0. The van der Waals surface area contributed by atoms with Crippen molar-refractivity contribution in [3.05, 3.63) is 0 Å². The summed E-state index contributed by atoms with van der Waals surface area (Å²) in [6, 6.07) is 0. The molecule has 0 unspecified atom stereocenters. The normalized spacial score (nSPS) is 39.8. The third-order valence-electron chi connectivity index (χ3n) is 1.24. The standard InChI is InChI=1S/C5H9Br2N/c6-4-1-5(7)3-8-2-4/h4-5,8H,1-3H2/t4-,5-/m0/s1. The Morgan fingerprint density at radius 3 is 1.88 bits per heavy atom. The Bertz CT molecular complexity index is 68.8. The zero-order valence-corrected chi connectivity index (χ0v) is 7.70. The van der Waals surface area contributed by atoms with Gasteiger partial charge in [-0.15, -0.1) is 0 Å². The molecule has 3 heteroatoms. The Hall–Kier alpha value is 0.920. The molecule has 0 aromatic rings. The molecule has 1 rings (SSSR count). The Balaban J connectivity index is 2.23. The summed E-state index contributed by atoms with van der Waals surface area (Å²) in [4.78, 5) is 1.33. The van der Waals surface area contributed by atoms with Crippen LogP contribution in [0.4, 0.5) is 0 Å². The topological polar surface area (TPSA) is 12.0 Å². The summed E-state index contributed by atoms with van der Waals surface area (Å²) in [5, 5.41) is 3.29. The van der Waals surface area contributed by atoms with Crippen LogP contribution in [0.2, 0.25) is 0 Å². The predicted molar refractivity (Wildman–Crippen MR) is 42.9 cm³/mol. The molecule has 1 aliphatic rings. The molecule has 1 fully saturated rings. The second-order valence-corrected chi connectivity index (χ2v) is 4.68. The highest BCUT2D eigenvalue weighted by molar-refractivity contribution is 9.10. The molecule has 0 saturated carbocycles. The minimum atomic E-state index is 0.667. The number of rotatable bonds is 0. The van der Waals surface area contributed by atoms with Crippen molar-refractivity contribution in [1.29, 1.82) is 0 Å². The van der Waals surface area contributed by atoms with Crippen LogP contribution >= 0.6 is 31.9 Å². The summed E-state index contributed by atoms with van der Waals surface area (Å²) >= 11 is 7.07. The van der Waals surface area contributed by atoms with Gasteiger partial charge in [-0.05, 0) is 6.42 Å². The highest BCUT2D eigenvalue weighted by Crippen LogP contribution is 2.16. The molecule has 0 aliphatic carbocycles. The van der Waals surface area contributed by atoms with Crippen molar-refractivity contribution in [2.45, 2.75) is 16.1 Å². The number of hydrogen-bond acceptors (Lipinski definition) is 1. The van der Waals surface area contributed by atoms with E-state index in [-0.39, 0.29) is 0 Å². The van der Waals surface area contributed by atoms with Gasteiger partial charge in [-0.3, -0.25) is 0 Å². The van der Waals surface area contributed by atoms with Crippen molar-refractivity contribution in [1.82, 2.24) is 5.32 Å². The van der Waals surface area contributed by atoms with E-state index < -0.39 is 0 Å². The zero-order chi connectivity index (χ0) is 5.98. The lowest BCUT2D eigenvalue weighted by atomic mass is 10.2. The van der Waals surface area contributed by atoms with E-state index in [1.165, 1.54) is 6.42 Å². The Kier molecular flexibility index (Phi) is 2.80. The van der Waals surface area contributed by atoms with E-state index in [0.717, 1.165) is 13.1 Å². The van der Waals surface area contributed by atoms with Crippen molar-refractivity contribution in [3.8, 4) is 0 Å². The first kappa shape index (κ1) is 7.03. The van der Waals surface area contributed by atoms with Gasteiger partial charge < -0.3 is 5.32 Å². The van der Waals surface area contributed by atoms with Gasteiger partial charge in [0.1, 0.15) is 0 Å². The largest absolute Gasteiger partial charge is 0.315 e. The summed E-state index contributed by atoms with van der Waals surface area (Å²) in [7, 11) is 0. The number of hydrogen-bond donors (Lipinski definition) is 1. The van der Waals surface area contributed by atoms with E-state index >= 15 is 0 Å². The monoisotopic (exact) mass is 241 g/mol. The van der Waals surface area contributed by atoms with Gasteiger partial charge in [-0.2, -0.15) is 0 Å². The maximum Gasteiger partial charge on any atom is 0.0281 e. The maximum absolute atomic E-state index is 3.54. The molecule has 0 aromatic heterocycles. The molecular formula is C5H9Br2N. The van der Waals surface area contributed by atoms with Crippen LogP contribution in [-0.2, 0) is 0 Å². The summed E-state index contributed by atoms with van der Waals surface area (Å²) in [6.07, 6.45) is 1.24. The quantitative estimate of drug-likeness (QED) is 0.636. The molecule has 8 heavy (non-hydrogen) atoms. The van der Waals surface area contributed by atoms with Gasteiger partial charge in [-0.1, -0.05) is 31.9 Å². The minimum Gasteiger partial charge on any atom is -0.315 e. The first-order valence-corrected chi connectivity index (χ1v) is 4.61. The number of nitrogens with one attached hydrogen (secondary N) is 1. The molecule has 1 nitrogen and oxygen atoms in total. The predicted octanol–water partition coefficient (Wildman–Crippen LogP) is 1.51. The van der Waals surface area contributed by atoms with Crippen LogP contribution in [-0.4, -0.2) is 22.7 Å². The molecule has 2 atom stereocenters. The molecule has 0 amide bonds. The fraction of sp³-hybridized carbons (Fsp3) is 1.00. The fourth-order valence-corrected chi connectivity index (χ4v) is 2.70. The van der Waals surface area contributed by atoms with Crippen LogP contribution in [0.3, 0.4) is 0 Å². The number of halogens is 2. The Morgan fingerprint density at radius 2 is 1.62 bits per heavy atom. The van der Waals surface area contributed by atoms with E-state index in [2.05, 4.69) is 37.2 Å². The minimum absolute atomic E-state index is 0.667. The van der Waals surface area contributed by atoms with Gasteiger partial charge in [0.05, 0.1) is 0 Å². The maximum atomic E-state index is 3.54. The van der Waals surface area contributed by atoms with Crippen molar-refractivity contribution in [2.24, 2.45) is 0 Å². The van der Waals surface area contributed by atoms with Crippen LogP contribution in [0.25, 0.3) is 0 Å². The van der Waals surface area contributed by atoms with E-state index in [1.54, 1.807) is 0 Å². The number of piperidine rings is 1. The average Bonchev–Trinajstić information content (AvgIpc) is 1.64. The Labute approximate surface area is 66.5 Å². The van der Waals surface area contributed by atoms with Crippen LogP contribution in [0.15, 0.2) is 0 Å². The van der Waals surface area contributed by atoms with E-state index in [9.17, 15) is 0 Å². The van der Waals surface area contributed by atoms with E-state index in [4.69, 9.17) is 0 Å². The molecule has 0 spiro atoms. The first-order chi connectivity index (χ1) is 3.79. The molecule has 1 heterocycles. The first-order valence-electron chi connectivity index (χ1n) is 2.78. The Morgan fingerprint density at radius 1 is 1.12 bits per heavy atom. The van der Waals surface area contributed by atoms with E-state index in [0.29, 0.717) is 9.65 Å². The van der Waals surface area contributed by atoms with Crippen LogP contribution < -0.4 is 5.32 Å². The summed E-state index contributed by atoms with van der Waals surface area (Å²) in [6.45, 7) is 2.23. The zero-order valence-electron chi connectivity index (χ0n) is 4.53. The highest BCUT2D eigenvalue weighted by Gasteiger charge is 2.15. The molecule has 0 bridgehead atoms. The van der Waals surface area contributed by atoms with Crippen LogP contribution in [0.1, 0.15) is 6.42 Å². The second kappa shape index (κ2) is 3.18. The van der Waals surface area contributed by atoms with Gasteiger partial charge in [0.2, 0.25) is 0 Å². The molecule has 1 aliphatic heterocycles. The third-order valence-corrected chi connectivity index (χ3v) is 2.64. The lowest BCUT2D eigenvalue weighted by molar-refractivity contribution is 0.553. The van der Waals surface area contributed by atoms with Gasteiger partial charge in [0, 0.05) is 22.7 Å². The smallest absolute Gasteiger partial charge is 0.0281 e.